The van der Waals surface area contributed by atoms with Crippen molar-refractivity contribution in [2.45, 2.75) is 26.7 Å². The molecule has 5 heteroatoms. The Hall–Kier alpha value is -2.14. The minimum atomic E-state index is -0.853. The zero-order valence-electron chi connectivity index (χ0n) is 12.0. The van der Waals surface area contributed by atoms with E-state index in [-0.39, 0.29) is 6.42 Å². The fourth-order valence-electron chi connectivity index (χ4n) is 2.43. The molecule has 3 rings (SSSR count). The van der Waals surface area contributed by atoms with Crippen LogP contribution >= 0.6 is 11.3 Å². The number of rotatable bonds is 4. The van der Waals surface area contributed by atoms with E-state index in [9.17, 15) is 4.79 Å². The molecule has 0 aliphatic heterocycles. The first-order valence-electron chi connectivity index (χ1n) is 6.87. The van der Waals surface area contributed by atoms with Crippen molar-refractivity contribution in [2.75, 3.05) is 0 Å². The Morgan fingerprint density at radius 1 is 1.33 bits per heavy atom. The van der Waals surface area contributed by atoms with Gasteiger partial charge in [0.15, 0.2) is 4.96 Å². The Bertz CT molecular complexity index is 800. The summed E-state index contributed by atoms with van der Waals surface area (Å²) in [7, 11) is 0. The summed E-state index contributed by atoms with van der Waals surface area (Å²) in [6.45, 7) is 4.19. The molecule has 1 N–H and O–H groups in total. The van der Waals surface area contributed by atoms with E-state index in [0.29, 0.717) is 5.69 Å². The van der Waals surface area contributed by atoms with Crippen molar-refractivity contribution >= 4 is 22.3 Å². The smallest absolute Gasteiger partial charge is 0.309 e. The number of carbonyl (C=O) groups is 1. The Labute approximate surface area is 126 Å². The van der Waals surface area contributed by atoms with E-state index in [1.54, 1.807) is 11.3 Å². The third-order valence-electron chi connectivity index (χ3n) is 3.42. The number of aliphatic carboxylic acids is 1. The van der Waals surface area contributed by atoms with Crippen molar-refractivity contribution in [3.8, 4) is 11.3 Å². The first-order valence-corrected chi connectivity index (χ1v) is 7.68. The van der Waals surface area contributed by atoms with Crippen LogP contribution < -0.4 is 0 Å². The van der Waals surface area contributed by atoms with Gasteiger partial charge in [0.25, 0.3) is 0 Å². The maximum atomic E-state index is 10.8. The van der Waals surface area contributed by atoms with Gasteiger partial charge in [-0.1, -0.05) is 36.8 Å². The molecule has 1 aromatic carbocycles. The van der Waals surface area contributed by atoms with Gasteiger partial charge in [-0.3, -0.25) is 9.20 Å². The Kier molecular flexibility index (Phi) is 3.51. The van der Waals surface area contributed by atoms with E-state index < -0.39 is 5.97 Å². The normalized spacial score (nSPS) is 11.1. The van der Waals surface area contributed by atoms with Gasteiger partial charge in [-0.25, -0.2) is 4.98 Å². The summed E-state index contributed by atoms with van der Waals surface area (Å²) in [6, 6.07) is 8.39. The van der Waals surface area contributed by atoms with Crippen LogP contribution in [-0.4, -0.2) is 20.5 Å². The fraction of sp³-hybridized carbons (Fsp3) is 0.250. The predicted molar refractivity (Wildman–Crippen MR) is 84.0 cm³/mol. The second-order valence-electron chi connectivity index (χ2n) is 5.05. The number of nitrogens with zero attached hydrogens (tertiary/aromatic N) is 2. The molecule has 0 bridgehead atoms. The summed E-state index contributed by atoms with van der Waals surface area (Å²) < 4.78 is 2.02. The maximum Gasteiger partial charge on any atom is 0.309 e. The fourth-order valence-corrected chi connectivity index (χ4v) is 3.51. The molecule has 0 unspecified atom stereocenters. The molecule has 3 aromatic rings. The van der Waals surface area contributed by atoms with E-state index in [4.69, 9.17) is 5.11 Å². The van der Waals surface area contributed by atoms with Crippen LogP contribution in [0.1, 0.15) is 23.1 Å². The SMILES string of the molecule is CCc1sc2nc(CC(=O)O)cn2c1-c1ccc(C)cc1. The van der Waals surface area contributed by atoms with Crippen LogP contribution in [0.4, 0.5) is 0 Å². The quantitative estimate of drug-likeness (QED) is 0.801. The number of aryl methyl sites for hydroxylation is 2. The number of carboxylic acids is 1. The molecule has 4 nitrogen and oxygen atoms in total. The zero-order valence-corrected chi connectivity index (χ0v) is 12.8. The molecule has 0 atom stereocenters. The highest BCUT2D eigenvalue weighted by Gasteiger charge is 2.16. The van der Waals surface area contributed by atoms with Crippen molar-refractivity contribution < 1.29 is 9.90 Å². The molecule has 0 saturated carbocycles. The lowest BCUT2D eigenvalue weighted by Gasteiger charge is -2.04. The molecule has 0 saturated heterocycles. The van der Waals surface area contributed by atoms with Crippen LogP contribution in [0.5, 0.6) is 0 Å². The van der Waals surface area contributed by atoms with Crippen LogP contribution in [0.3, 0.4) is 0 Å². The van der Waals surface area contributed by atoms with Crippen LogP contribution in [0.2, 0.25) is 0 Å². The Morgan fingerprint density at radius 2 is 2.05 bits per heavy atom. The summed E-state index contributed by atoms with van der Waals surface area (Å²) in [6.07, 6.45) is 2.74. The zero-order chi connectivity index (χ0) is 15.0. The predicted octanol–water partition coefficient (Wildman–Crippen LogP) is 3.56. The third kappa shape index (κ3) is 2.56. The van der Waals surface area contributed by atoms with Gasteiger partial charge in [0.2, 0.25) is 0 Å². The van der Waals surface area contributed by atoms with Gasteiger partial charge in [0, 0.05) is 11.1 Å². The molecule has 0 fully saturated rings. The number of imidazole rings is 1. The second-order valence-corrected chi connectivity index (χ2v) is 6.11. The number of thiazole rings is 1. The number of aromatic nitrogens is 2. The topological polar surface area (TPSA) is 54.6 Å². The number of hydrogen-bond donors (Lipinski definition) is 1. The number of carboxylic acid groups (broad SMARTS) is 1. The summed E-state index contributed by atoms with van der Waals surface area (Å²) in [5.74, 6) is -0.853. The average Bonchev–Trinajstić information content (AvgIpc) is 2.95. The molecule has 21 heavy (non-hydrogen) atoms. The lowest BCUT2D eigenvalue weighted by molar-refractivity contribution is -0.136. The molecular formula is C16H16N2O2S. The van der Waals surface area contributed by atoms with E-state index in [0.717, 1.165) is 22.6 Å². The van der Waals surface area contributed by atoms with Crippen molar-refractivity contribution in [2.24, 2.45) is 0 Å². The molecule has 2 heterocycles. The molecule has 0 aliphatic carbocycles. The van der Waals surface area contributed by atoms with Crippen LogP contribution in [0, 0.1) is 6.92 Å². The number of hydrogen-bond acceptors (Lipinski definition) is 3. The third-order valence-corrected chi connectivity index (χ3v) is 4.62. The largest absolute Gasteiger partial charge is 0.481 e. The van der Waals surface area contributed by atoms with E-state index in [1.165, 1.54) is 10.4 Å². The number of benzene rings is 1. The minimum Gasteiger partial charge on any atom is -0.481 e. The van der Waals surface area contributed by atoms with Gasteiger partial charge < -0.3 is 5.11 Å². The van der Waals surface area contributed by atoms with Crippen molar-refractivity contribution in [3.63, 3.8) is 0 Å². The van der Waals surface area contributed by atoms with Crippen LogP contribution in [-0.2, 0) is 17.6 Å². The van der Waals surface area contributed by atoms with Crippen molar-refractivity contribution in [1.82, 2.24) is 9.38 Å². The molecule has 0 amide bonds. The highest BCUT2D eigenvalue weighted by Crippen LogP contribution is 2.32. The van der Waals surface area contributed by atoms with Gasteiger partial charge in [-0.2, -0.15) is 0 Å². The van der Waals surface area contributed by atoms with Crippen molar-refractivity contribution in [1.29, 1.82) is 0 Å². The minimum absolute atomic E-state index is 0.0385. The molecule has 0 spiro atoms. The molecule has 2 aromatic heterocycles. The lowest BCUT2D eigenvalue weighted by Crippen LogP contribution is -1.99. The molecule has 108 valence electrons. The Balaban J connectivity index is 2.16. The Morgan fingerprint density at radius 3 is 2.67 bits per heavy atom. The van der Waals surface area contributed by atoms with Gasteiger partial charge >= 0.3 is 5.97 Å². The summed E-state index contributed by atoms with van der Waals surface area (Å²) >= 11 is 1.63. The van der Waals surface area contributed by atoms with Gasteiger partial charge in [0.1, 0.15) is 0 Å². The van der Waals surface area contributed by atoms with Crippen LogP contribution in [0.25, 0.3) is 16.2 Å². The molecule has 0 radical (unpaired) electrons. The summed E-state index contributed by atoms with van der Waals surface area (Å²) in [4.78, 5) is 17.4. The average molecular weight is 300 g/mol. The highest BCUT2D eigenvalue weighted by molar-refractivity contribution is 7.17. The standard InChI is InChI=1S/C16H16N2O2S/c1-3-13-15(11-6-4-10(2)5-7-11)18-9-12(8-14(19)20)17-16(18)21-13/h4-7,9H,3,8H2,1-2H3,(H,19,20). The first-order chi connectivity index (χ1) is 10.1. The maximum absolute atomic E-state index is 10.8. The van der Waals surface area contributed by atoms with E-state index >= 15 is 0 Å². The summed E-state index contributed by atoms with van der Waals surface area (Å²) in [5, 5.41) is 8.90. The van der Waals surface area contributed by atoms with E-state index in [1.807, 2.05) is 10.6 Å². The summed E-state index contributed by atoms with van der Waals surface area (Å²) in [5.41, 5.74) is 4.09. The number of fused-ring (bicyclic) bond motifs is 1. The highest BCUT2D eigenvalue weighted by atomic mass is 32.1. The van der Waals surface area contributed by atoms with Gasteiger partial charge in [-0.05, 0) is 18.9 Å². The van der Waals surface area contributed by atoms with Gasteiger partial charge in [-0.15, -0.1) is 11.3 Å². The van der Waals surface area contributed by atoms with Crippen molar-refractivity contribution in [3.05, 3.63) is 46.6 Å². The van der Waals surface area contributed by atoms with Crippen LogP contribution in [0.15, 0.2) is 30.5 Å². The second kappa shape index (κ2) is 5.33. The molecule has 0 aliphatic rings. The lowest BCUT2D eigenvalue weighted by atomic mass is 10.1. The first kappa shape index (κ1) is 13.8. The molecular weight excluding hydrogens is 284 g/mol. The monoisotopic (exact) mass is 300 g/mol. The van der Waals surface area contributed by atoms with E-state index in [2.05, 4.69) is 43.1 Å². The van der Waals surface area contributed by atoms with Gasteiger partial charge in [0.05, 0.1) is 17.8 Å².